The topological polar surface area (TPSA) is 78.4 Å². The minimum Gasteiger partial charge on any atom is -0.508 e. The number of nitrogens with one attached hydrogen (secondary N) is 2. The van der Waals surface area contributed by atoms with Gasteiger partial charge in [0.2, 0.25) is 5.91 Å². The Balaban J connectivity index is 1.68. The van der Waals surface area contributed by atoms with Crippen molar-refractivity contribution in [3.05, 3.63) is 90.0 Å². The van der Waals surface area contributed by atoms with Gasteiger partial charge in [-0.1, -0.05) is 88.4 Å². The lowest BCUT2D eigenvalue weighted by Gasteiger charge is -2.26. The summed E-state index contributed by atoms with van der Waals surface area (Å²) in [5.41, 5.74) is 2.00. The largest absolute Gasteiger partial charge is 0.508 e. The SMILES string of the molecule is CC(C)NC(Cc1ccc(O)cc1)C(=O)NC(Cc1c2ccccc2cc2ccccc12)C(=O)C(C)C. The van der Waals surface area contributed by atoms with Crippen molar-refractivity contribution in [2.75, 3.05) is 0 Å². The first-order valence-corrected chi connectivity index (χ1v) is 13.0. The van der Waals surface area contributed by atoms with E-state index in [1.807, 2.05) is 64.1 Å². The Morgan fingerprint density at radius 2 is 1.32 bits per heavy atom. The summed E-state index contributed by atoms with van der Waals surface area (Å²) in [5.74, 6) is -0.227. The molecule has 5 heteroatoms. The van der Waals surface area contributed by atoms with Gasteiger partial charge in [0.1, 0.15) is 5.75 Å². The van der Waals surface area contributed by atoms with Gasteiger partial charge in [-0.25, -0.2) is 0 Å². The fourth-order valence-electron chi connectivity index (χ4n) is 4.93. The second kappa shape index (κ2) is 11.6. The van der Waals surface area contributed by atoms with Crippen LogP contribution in [0.3, 0.4) is 0 Å². The van der Waals surface area contributed by atoms with Crippen LogP contribution in [0, 0.1) is 5.92 Å². The van der Waals surface area contributed by atoms with E-state index in [4.69, 9.17) is 0 Å². The first kappa shape index (κ1) is 26.4. The molecule has 1 amide bonds. The summed E-state index contributed by atoms with van der Waals surface area (Å²) in [7, 11) is 0. The summed E-state index contributed by atoms with van der Waals surface area (Å²) in [4.78, 5) is 27.1. The minimum absolute atomic E-state index is 0.0123. The number of phenols is 1. The Labute approximate surface area is 218 Å². The zero-order valence-electron chi connectivity index (χ0n) is 22.0. The number of carbonyl (C=O) groups excluding carboxylic acids is 2. The molecule has 0 radical (unpaired) electrons. The van der Waals surface area contributed by atoms with Gasteiger partial charge in [-0.05, 0) is 57.3 Å². The van der Waals surface area contributed by atoms with Crippen molar-refractivity contribution in [3.8, 4) is 5.75 Å². The number of fused-ring (bicyclic) bond motifs is 2. The number of amides is 1. The smallest absolute Gasteiger partial charge is 0.238 e. The van der Waals surface area contributed by atoms with Crippen molar-refractivity contribution in [2.45, 2.75) is 58.7 Å². The highest BCUT2D eigenvalue weighted by molar-refractivity contribution is 6.03. The number of phenolic OH excluding ortho intramolecular Hbond substituents is 1. The van der Waals surface area contributed by atoms with E-state index in [2.05, 4.69) is 41.0 Å². The molecular formula is C32H36N2O3. The van der Waals surface area contributed by atoms with Gasteiger partial charge in [0.05, 0.1) is 12.1 Å². The number of carbonyl (C=O) groups is 2. The Morgan fingerprint density at radius 3 is 1.86 bits per heavy atom. The van der Waals surface area contributed by atoms with Crippen molar-refractivity contribution < 1.29 is 14.7 Å². The third-order valence-corrected chi connectivity index (χ3v) is 6.75. The molecule has 0 bridgehead atoms. The highest BCUT2D eigenvalue weighted by atomic mass is 16.3. The van der Waals surface area contributed by atoms with Gasteiger partial charge in [0, 0.05) is 18.4 Å². The van der Waals surface area contributed by atoms with Crippen LogP contribution >= 0.6 is 0 Å². The third kappa shape index (κ3) is 6.36. The maximum Gasteiger partial charge on any atom is 0.238 e. The van der Waals surface area contributed by atoms with Crippen LogP contribution < -0.4 is 10.6 Å². The summed E-state index contributed by atoms with van der Waals surface area (Å²) >= 11 is 0. The van der Waals surface area contributed by atoms with Gasteiger partial charge in [-0.3, -0.25) is 9.59 Å². The fraction of sp³-hybridized carbons (Fsp3) is 0.312. The number of ketones is 1. The summed E-state index contributed by atoms with van der Waals surface area (Å²) in [6, 6.07) is 24.4. The molecule has 3 N–H and O–H groups in total. The Bertz CT molecular complexity index is 1340. The molecule has 4 aromatic rings. The van der Waals surface area contributed by atoms with Crippen LogP contribution in [0.25, 0.3) is 21.5 Å². The van der Waals surface area contributed by atoms with Crippen LogP contribution in [-0.4, -0.2) is 34.9 Å². The molecular weight excluding hydrogens is 460 g/mol. The van der Waals surface area contributed by atoms with Gasteiger partial charge in [-0.15, -0.1) is 0 Å². The van der Waals surface area contributed by atoms with Crippen LogP contribution in [0.1, 0.15) is 38.8 Å². The van der Waals surface area contributed by atoms with Gasteiger partial charge >= 0.3 is 0 Å². The van der Waals surface area contributed by atoms with Crippen molar-refractivity contribution in [2.24, 2.45) is 5.92 Å². The van der Waals surface area contributed by atoms with Crippen LogP contribution in [0.4, 0.5) is 0 Å². The summed E-state index contributed by atoms with van der Waals surface area (Å²) in [5, 5.41) is 20.5. The lowest BCUT2D eigenvalue weighted by molar-refractivity contribution is -0.130. The van der Waals surface area contributed by atoms with Crippen LogP contribution in [0.15, 0.2) is 78.9 Å². The molecule has 0 aromatic heterocycles. The van der Waals surface area contributed by atoms with Crippen molar-refractivity contribution in [1.82, 2.24) is 10.6 Å². The molecule has 2 atom stereocenters. The van der Waals surface area contributed by atoms with Gasteiger partial charge in [0.15, 0.2) is 5.78 Å². The molecule has 2 unspecified atom stereocenters. The molecule has 0 saturated carbocycles. The standard InChI is InChI=1S/C32H36N2O3/c1-20(2)31(36)29(34-32(37)30(33-21(3)4)17-22-13-15-25(35)16-14-22)19-28-26-11-7-5-9-23(26)18-24-10-6-8-12-27(24)28/h5-16,18,20-21,29-30,33,35H,17,19H2,1-4H3,(H,34,37). The zero-order valence-corrected chi connectivity index (χ0v) is 22.0. The van der Waals surface area contributed by atoms with E-state index in [9.17, 15) is 14.7 Å². The first-order chi connectivity index (χ1) is 17.7. The maximum atomic E-state index is 13.6. The molecule has 0 fully saturated rings. The van der Waals surface area contributed by atoms with E-state index in [1.165, 1.54) is 0 Å². The van der Waals surface area contributed by atoms with E-state index < -0.39 is 12.1 Å². The summed E-state index contributed by atoms with van der Waals surface area (Å²) < 4.78 is 0. The normalized spacial score (nSPS) is 13.2. The van der Waals surface area contributed by atoms with Crippen LogP contribution in [0.5, 0.6) is 5.75 Å². The van der Waals surface area contributed by atoms with E-state index in [-0.39, 0.29) is 29.4 Å². The number of hydrogen-bond acceptors (Lipinski definition) is 4. The molecule has 0 aliphatic carbocycles. The van der Waals surface area contributed by atoms with E-state index in [0.29, 0.717) is 12.8 Å². The van der Waals surface area contributed by atoms with Crippen LogP contribution in [0.2, 0.25) is 0 Å². The third-order valence-electron chi connectivity index (χ3n) is 6.75. The first-order valence-electron chi connectivity index (χ1n) is 13.0. The molecule has 0 aliphatic rings. The average molecular weight is 497 g/mol. The number of rotatable bonds is 10. The molecule has 0 aliphatic heterocycles. The predicted octanol–water partition coefficient (Wildman–Crippen LogP) is 5.56. The van der Waals surface area contributed by atoms with E-state index >= 15 is 0 Å². The van der Waals surface area contributed by atoms with Crippen LogP contribution in [-0.2, 0) is 22.4 Å². The second-order valence-electron chi connectivity index (χ2n) is 10.4. The molecule has 0 spiro atoms. The second-order valence-corrected chi connectivity index (χ2v) is 10.4. The lowest BCUT2D eigenvalue weighted by Crippen LogP contribution is -2.53. The molecule has 37 heavy (non-hydrogen) atoms. The molecule has 4 rings (SSSR count). The zero-order chi connectivity index (χ0) is 26.5. The minimum atomic E-state index is -0.655. The number of benzene rings is 4. The highest BCUT2D eigenvalue weighted by Gasteiger charge is 2.28. The monoisotopic (exact) mass is 496 g/mol. The average Bonchev–Trinajstić information content (AvgIpc) is 2.88. The lowest BCUT2D eigenvalue weighted by atomic mass is 9.89. The van der Waals surface area contributed by atoms with Crippen molar-refractivity contribution in [1.29, 1.82) is 0 Å². The van der Waals surface area contributed by atoms with Gasteiger partial charge in [-0.2, -0.15) is 0 Å². The number of aromatic hydroxyl groups is 1. The summed E-state index contributed by atoms with van der Waals surface area (Å²) in [6.45, 7) is 7.75. The summed E-state index contributed by atoms with van der Waals surface area (Å²) in [6.07, 6.45) is 0.863. The molecule has 5 nitrogen and oxygen atoms in total. The Kier molecular flexibility index (Phi) is 8.24. The van der Waals surface area contributed by atoms with E-state index in [1.54, 1.807) is 12.1 Å². The quantitative estimate of drug-likeness (QED) is 0.251. The molecule has 192 valence electrons. The van der Waals surface area contributed by atoms with Crippen molar-refractivity contribution in [3.63, 3.8) is 0 Å². The number of Topliss-reactive ketones (excluding diaryl/α,β-unsaturated/α-hetero) is 1. The molecule has 4 aromatic carbocycles. The maximum absolute atomic E-state index is 13.6. The Hall–Kier alpha value is -3.70. The predicted molar refractivity (Wildman–Crippen MR) is 151 cm³/mol. The molecule has 0 saturated heterocycles. The fourth-order valence-corrected chi connectivity index (χ4v) is 4.93. The Morgan fingerprint density at radius 1 is 0.757 bits per heavy atom. The van der Waals surface area contributed by atoms with Gasteiger partial charge < -0.3 is 15.7 Å². The van der Waals surface area contributed by atoms with E-state index in [0.717, 1.165) is 32.7 Å². The van der Waals surface area contributed by atoms with Gasteiger partial charge in [0.25, 0.3) is 0 Å². The molecule has 0 heterocycles. The number of hydrogen-bond donors (Lipinski definition) is 3. The van der Waals surface area contributed by atoms with Crippen molar-refractivity contribution >= 4 is 33.2 Å². The highest BCUT2D eigenvalue weighted by Crippen LogP contribution is 2.30.